The van der Waals surface area contributed by atoms with E-state index in [2.05, 4.69) is 4.99 Å². The Morgan fingerprint density at radius 1 is 0.951 bits per heavy atom. The Morgan fingerprint density at radius 2 is 1.73 bits per heavy atom. The molecule has 0 saturated carbocycles. The maximum Gasteiger partial charge on any atom is 0.335 e. The van der Waals surface area contributed by atoms with Crippen LogP contribution in [-0.2, 0) is 11.4 Å². The summed E-state index contributed by atoms with van der Waals surface area (Å²) in [7, 11) is 0. The van der Waals surface area contributed by atoms with Crippen molar-refractivity contribution in [1.29, 1.82) is 0 Å². The van der Waals surface area contributed by atoms with Gasteiger partial charge in [0, 0.05) is 10.6 Å². The van der Waals surface area contributed by atoms with E-state index in [1.54, 1.807) is 24.3 Å². The number of carbonyl (C=O) groups is 2. The molecule has 206 valence electrons. The van der Waals surface area contributed by atoms with Gasteiger partial charge in [0.15, 0.2) is 16.7 Å². The van der Waals surface area contributed by atoms with Crippen molar-refractivity contribution in [3.63, 3.8) is 0 Å². The first-order chi connectivity index (χ1) is 19.9. The first-order valence-corrected chi connectivity index (χ1v) is 14.0. The van der Waals surface area contributed by atoms with Crippen LogP contribution in [0.4, 0.5) is 11.4 Å². The summed E-state index contributed by atoms with van der Waals surface area (Å²) in [5.41, 5.74) is 2.80. The monoisotopic (exact) mass is 584 g/mol. The van der Waals surface area contributed by atoms with Crippen molar-refractivity contribution >= 4 is 57.9 Å². The molecule has 41 heavy (non-hydrogen) atoms. The molecule has 1 saturated heterocycles. The van der Waals surface area contributed by atoms with Gasteiger partial charge in [-0.1, -0.05) is 60.1 Å². The first-order valence-electron chi connectivity index (χ1n) is 12.8. The Kier molecular flexibility index (Phi) is 8.72. The van der Waals surface area contributed by atoms with E-state index in [1.165, 1.54) is 28.8 Å². The van der Waals surface area contributed by atoms with Crippen molar-refractivity contribution < 1.29 is 24.2 Å². The first kappa shape index (κ1) is 28.0. The van der Waals surface area contributed by atoms with Crippen molar-refractivity contribution in [2.24, 2.45) is 4.99 Å². The maximum atomic E-state index is 13.6. The number of carbonyl (C=O) groups excluding carboxylic acids is 1. The number of anilines is 1. The number of aromatic carboxylic acids is 1. The fraction of sp³-hybridized carbons (Fsp3) is 0.0938. The number of ether oxygens (including phenoxy) is 2. The minimum absolute atomic E-state index is 0.114. The van der Waals surface area contributed by atoms with Gasteiger partial charge in [-0.2, -0.15) is 0 Å². The highest BCUT2D eigenvalue weighted by atomic mass is 35.5. The quantitative estimate of drug-likeness (QED) is 0.202. The molecule has 1 amide bonds. The molecule has 7 nitrogen and oxygen atoms in total. The fourth-order valence-corrected chi connectivity index (χ4v) is 5.29. The summed E-state index contributed by atoms with van der Waals surface area (Å²) in [5.74, 6) is -0.187. The maximum absolute atomic E-state index is 13.6. The van der Waals surface area contributed by atoms with E-state index in [-0.39, 0.29) is 18.1 Å². The second kappa shape index (κ2) is 12.8. The summed E-state index contributed by atoms with van der Waals surface area (Å²) in [4.78, 5) is 31.7. The molecular formula is C32H25ClN2O5S. The molecule has 1 fully saturated rings. The van der Waals surface area contributed by atoms with Crippen LogP contribution in [0.25, 0.3) is 6.08 Å². The van der Waals surface area contributed by atoms with E-state index in [0.29, 0.717) is 44.6 Å². The number of carboxylic acid groups (broad SMARTS) is 1. The fourth-order valence-electron chi connectivity index (χ4n) is 4.10. The number of carboxylic acids is 1. The summed E-state index contributed by atoms with van der Waals surface area (Å²) in [6.07, 6.45) is 1.78. The molecule has 0 aliphatic carbocycles. The van der Waals surface area contributed by atoms with Crippen molar-refractivity contribution in [3.8, 4) is 11.5 Å². The van der Waals surface area contributed by atoms with Gasteiger partial charge in [-0.05, 0) is 78.9 Å². The van der Waals surface area contributed by atoms with Crippen LogP contribution < -0.4 is 14.4 Å². The van der Waals surface area contributed by atoms with Crippen molar-refractivity contribution in [3.05, 3.63) is 124 Å². The summed E-state index contributed by atoms with van der Waals surface area (Å²) in [5, 5.41) is 10.4. The lowest BCUT2D eigenvalue weighted by Gasteiger charge is -2.15. The molecule has 4 aromatic rings. The van der Waals surface area contributed by atoms with Crippen LogP contribution >= 0.6 is 23.4 Å². The Balaban J connectivity index is 1.46. The molecule has 9 heteroatoms. The Labute approximate surface area is 246 Å². The van der Waals surface area contributed by atoms with E-state index in [1.807, 2.05) is 73.7 Å². The van der Waals surface area contributed by atoms with Crippen LogP contribution in [0, 0.1) is 0 Å². The normalized spacial score (nSPS) is 15.0. The highest BCUT2D eigenvalue weighted by Crippen LogP contribution is 2.38. The van der Waals surface area contributed by atoms with Gasteiger partial charge < -0.3 is 14.6 Å². The van der Waals surface area contributed by atoms with Crippen molar-refractivity contribution in [2.45, 2.75) is 13.5 Å². The predicted octanol–water partition coefficient (Wildman–Crippen LogP) is 7.82. The molecule has 0 radical (unpaired) electrons. The number of hydrogen-bond acceptors (Lipinski definition) is 6. The van der Waals surface area contributed by atoms with Gasteiger partial charge in [-0.25, -0.2) is 9.79 Å². The Hall–Kier alpha value is -4.53. The zero-order chi connectivity index (χ0) is 28.8. The predicted molar refractivity (Wildman–Crippen MR) is 163 cm³/mol. The summed E-state index contributed by atoms with van der Waals surface area (Å²) in [6, 6.07) is 28.4. The number of nitrogens with zero attached hydrogens (tertiary/aromatic N) is 2. The molecule has 0 bridgehead atoms. The van der Waals surface area contributed by atoms with Crippen LogP contribution in [0.3, 0.4) is 0 Å². The summed E-state index contributed by atoms with van der Waals surface area (Å²) < 4.78 is 11.9. The Bertz CT molecular complexity index is 1660. The Morgan fingerprint density at radius 3 is 2.49 bits per heavy atom. The number of rotatable bonds is 9. The van der Waals surface area contributed by atoms with Gasteiger partial charge >= 0.3 is 5.97 Å². The van der Waals surface area contributed by atoms with Crippen molar-refractivity contribution in [2.75, 3.05) is 11.5 Å². The van der Waals surface area contributed by atoms with Crippen LogP contribution in [0.1, 0.15) is 28.4 Å². The van der Waals surface area contributed by atoms with Crippen LogP contribution in [0.15, 0.2) is 107 Å². The van der Waals surface area contributed by atoms with Crippen molar-refractivity contribution in [1.82, 2.24) is 0 Å². The summed E-state index contributed by atoms with van der Waals surface area (Å²) >= 11 is 7.48. The third kappa shape index (κ3) is 6.62. The molecule has 1 heterocycles. The SMILES string of the molecule is CCOc1cc(/C=C2\SC(=Nc3cccc(C(=O)O)c3)N(c3ccccc3)C2=O)ccc1OCc1ccccc1Cl. The average molecular weight is 585 g/mol. The molecule has 0 aromatic heterocycles. The number of amides is 1. The molecule has 1 aliphatic rings. The minimum atomic E-state index is -1.05. The lowest BCUT2D eigenvalue weighted by Crippen LogP contribution is -2.28. The number of halogens is 1. The van der Waals surface area contributed by atoms with Crippen LogP contribution in [-0.4, -0.2) is 28.8 Å². The van der Waals surface area contributed by atoms with Gasteiger partial charge in [0.25, 0.3) is 5.91 Å². The molecule has 0 spiro atoms. The number of para-hydroxylation sites is 1. The molecule has 1 aliphatic heterocycles. The second-order valence-electron chi connectivity index (χ2n) is 8.86. The van der Waals surface area contributed by atoms with Gasteiger partial charge in [-0.3, -0.25) is 9.69 Å². The van der Waals surface area contributed by atoms with Gasteiger partial charge in [0.2, 0.25) is 0 Å². The number of amidine groups is 1. The molecule has 1 N–H and O–H groups in total. The van der Waals surface area contributed by atoms with E-state index in [9.17, 15) is 14.7 Å². The third-order valence-corrected chi connectivity index (χ3v) is 7.38. The highest BCUT2D eigenvalue weighted by Gasteiger charge is 2.34. The number of benzene rings is 4. The van der Waals surface area contributed by atoms with Crippen LogP contribution in [0.5, 0.6) is 11.5 Å². The number of aliphatic imine (C=N–C) groups is 1. The largest absolute Gasteiger partial charge is 0.490 e. The van der Waals surface area contributed by atoms with Gasteiger partial charge in [0.1, 0.15) is 6.61 Å². The van der Waals surface area contributed by atoms with Gasteiger partial charge in [-0.15, -0.1) is 0 Å². The summed E-state index contributed by atoms with van der Waals surface area (Å²) in [6.45, 7) is 2.60. The van der Waals surface area contributed by atoms with Gasteiger partial charge in [0.05, 0.1) is 28.5 Å². The zero-order valence-corrected chi connectivity index (χ0v) is 23.6. The van der Waals surface area contributed by atoms with Crippen LogP contribution in [0.2, 0.25) is 5.02 Å². The molecular weight excluding hydrogens is 560 g/mol. The lowest BCUT2D eigenvalue weighted by molar-refractivity contribution is -0.113. The smallest absolute Gasteiger partial charge is 0.335 e. The number of thioether (sulfide) groups is 1. The lowest BCUT2D eigenvalue weighted by atomic mass is 10.1. The molecule has 5 rings (SSSR count). The van der Waals surface area contributed by atoms with E-state index in [4.69, 9.17) is 21.1 Å². The standard InChI is InChI=1S/C32H25ClN2O5S/c1-2-39-28-17-21(15-16-27(28)40-20-23-9-6-7-14-26(23)33)18-29-30(36)35(25-12-4-3-5-13-25)32(41-29)34-24-11-8-10-22(19-24)31(37)38/h3-19H,2,20H2,1H3,(H,37,38)/b29-18-,34-32?. The number of hydrogen-bond donors (Lipinski definition) is 1. The topological polar surface area (TPSA) is 88.4 Å². The van der Waals surface area contributed by atoms with E-state index < -0.39 is 5.97 Å². The second-order valence-corrected chi connectivity index (χ2v) is 10.3. The average Bonchev–Trinajstić information content (AvgIpc) is 3.27. The molecule has 4 aromatic carbocycles. The van der Waals surface area contributed by atoms with E-state index in [0.717, 1.165) is 11.1 Å². The zero-order valence-electron chi connectivity index (χ0n) is 22.0. The highest BCUT2D eigenvalue weighted by molar-refractivity contribution is 8.19. The molecule has 0 atom stereocenters. The molecule has 0 unspecified atom stereocenters. The third-order valence-electron chi connectivity index (χ3n) is 6.05. The van der Waals surface area contributed by atoms with E-state index >= 15 is 0 Å². The minimum Gasteiger partial charge on any atom is -0.490 e.